The molecule has 1 unspecified atom stereocenters. The molecule has 164 valence electrons. The Kier molecular flexibility index (Phi) is 6.31. The fraction of sp³-hybridized carbons (Fsp3) is 0.714. The lowest BCUT2D eigenvalue weighted by atomic mass is 9.92. The highest BCUT2D eigenvalue weighted by atomic mass is 16.5. The van der Waals surface area contributed by atoms with E-state index in [2.05, 4.69) is 45.8 Å². The molecule has 2 aliphatic rings. The van der Waals surface area contributed by atoms with Crippen molar-refractivity contribution in [2.75, 3.05) is 45.9 Å². The molecule has 0 radical (unpaired) electrons. The zero-order chi connectivity index (χ0) is 21.1. The maximum Gasteiger partial charge on any atom is 0.266 e. The minimum Gasteiger partial charge on any atom is -0.381 e. The second kappa shape index (κ2) is 8.95. The van der Waals surface area contributed by atoms with Crippen LogP contribution in [0.5, 0.6) is 0 Å². The molecule has 2 fully saturated rings. The molecule has 30 heavy (non-hydrogen) atoms. The van der Waals surface area contributed by atoms with Crippen molar-refractivity contribution in [1.29, 1.82) is 0 Å². The average molecular weight is 417 g/mol. The number of piperazine rings is 1. The van der Waals surface area contributed by atoms with Gasteiger partial charge in [0.1, 0.15) is 0 Å². The van der Waals surface area contributed by atoms with Gasteiger partial charge in [-0.05, 0) is 12.5 Å². The molecular formula is C21H32N6O3. The Balaban J connectivity index is 1.25. The minimum absolute atomic E-state index is 0.0396. The largest absolute Gasteiger partial charge is 0.381 e. The van der Waals surface area contributed by atoms with Crippen LogP contribution in [-0.4, -0.2) is 75.7 Å². The molecule has 0 bridgehead atoms. The van der Waals surface area contributed by atoms with Crippen LogP contribution in [0.1, 0.15) is 50.5 Å². The number of rotatable bonds is 6. The molecule has 0 aliphatic carbocycles. The Morgan fingerprint density at radius 1 is 1.10 bits per heavy atom. The highest BCUT2D eigenvalue weighted by molar-refractivity contribution is 5.10. The summed E-state index contributed by atoms with van der Waals surface area (Å²) in [6.45, 7) is 13.7. The van der Waals surface area contributed by atoms with Gasteiger partial charge in [0.15, 0.2) is 5.82 Å². The Hall–Kier alpha value is -2.10. The maximum atomic E-state index is 12.2. The molecule has 2 aromatic heterocycles. The van der Waals surface area contributed by atoms with Gasteiger partial charge in [-0.15, -0.1) is 0 Å². The van der Waals surface area contributed by atoms with Gasteiger partial charge in [0.25, 0.3) is 5.56 Å². The van der Waals surface area contributed by atoms with E-state index >= 15 is 0 Å². The van der Waals surface area contributed by atoms with Gasteiger partial charge in [0.2, 0.25) is 5.89 Å². The molecule has 0 aromatic carbocycles. The van der Waals surface area contributed by atoms with Crippen molar-refractivity contribution in [3.05, 3.63) is 39.9 Å². The lowest BCUT2D eigenvalue weighted by Crippen LogP contribution is -2.47. The Morgan fingerprint density at radius 2 is 1.87 bits per heavy atom. The summed E-state index contributed by atoms with van der Waals surface area (Å²) in [5, 5.41) is 8.71. The van der Waals surface area contributed by atoms with Gasteiger partial charge in [0.05, 0.1) is 31.3 Å². The van der Waals surface area contributed by atoms with Gasteiger partial charge in [0, 0.05) is 50.8 Å². The molecule has 2 saturated heterocycles. The molecule has 9 heteroatoms. The smallest absolute Gasteiger partial charge is 0.266 e. The van der Waals surface area contributed by atoms with Gasteiger partial charge in [-0.25, -0.2) is 4.68 Å². The fourth-order valence-electron chi connectivity index (χ4n) is 3.84. The second-order valence-electron chi connectivity index (χ2n) is 9.26. The number of hydrogen-bond acceptors (Lipinski definition) is 8. The second-order valence-corrected chi connectivity index (χ2v) is 9.26. The summed E-state index contributed by atoms with van der Waals surface area (Å²) in [4.78, 5) is 21.5. The van der Waals surface area contributed by atoms with Crippen LogP contribution in [0.3, 0.4) is 0 Å². The Bertz CT molecular complexity index is 889. The van der Waals surface area contributed by atoms with Crippen LogP contribution in [0, 0.1) is 0 Å². The van der Waals surface area contributed by atoms with Crippen LogP contribution in [-0.2, 0) is 23.2 Å². The topological polar surface area (TPSA) is 89.5 Å². The van der Waals surface area contributed by atoms with Crippen LogP contribution in [0.15, 0.2) is 21.5 Å². The molecule has 2 aliphatic heterocycles. The van der Waals surface area contributed by atoms with Crippen molar-refractivity contribution >= 4 is 0 Å². The molecule has 2 aromatic rings. The number of aromatic nitrogens is 4. The molecule has 1 atom stereocenters. The van der Waals surface area contributed by atoms with Crippen molar-refractivity contribution in [3.8, 4) is 0 Å². The van der Waals surface area contributed by atoms with E-state index in [1.165, 1.54) is 0 Å². The molecular weight excluding hydrogens is 384 g/mol. The number of hydrogen-bond donors (Lipinski definition) is 0. The molecule has 0 amide bonds. The molecule has 9 nitrogen and oxygen atoms in total. The summed E-state index contributed by atoms with van der Waals surface area (Å²) >= 11 is 0. The zero-order valence-corrected chi connectivity index (χ0v) is 18.2. The first-order valence-corrected chi connectivity index (χ1v) is 10.8. The first kappa shape index (κ1) is 21.1. The normalized spacial score (nSPS) is 21.4. The van der Waals surface area contributed by atoms with Crippen LogP contribution in [0.2, 0.25) is 0 Å². The van der Waals surface area contributed by atoms with Crippen LogP contribution < -0.4 is 5.56 Å². The van der Waals surface area contributed by atoms with Crippen molar-refractivity contribution < 1.29 is 9.26 Å². The molecule has 0 N–H and O–H groups in total. The molecule has 4 rings (SSSR count). The summed E-state index contributed by atoms with van der Waals surface area (Å²) in [6, 6.07) is 3.46. The highest BCUT2D eigenvalue weighted by Gasteiger charge is 2.25. The van der Waals surface area contributed by atoms with Gasteiger partial charge in [-0.3, -0.25) is 14.6 Å². The van der Waals surface area contributed by atoms with Crippen molar-refractivity contribution in [2.24, 2.45) is 0 Å². The third kappa shape index (κ3) is 5.14. The zero-order valence-electron chi connectivity index (χ0n) is 18.2. The van der Waals surface area contributed by atoms with Crippen molar-refractivity contribution in [1.82, 2.24) is 29.7 Å². The van der Waals surface area contributed by atoms with Crippen LogP contribution in [0.25, 0.3) is 0 Å². The number of nitrogens with zero attached hydrogens (tertiary/aromatic N) is 6. The lowest BCUT2D eigenvalue weighted by molar-refractivity contribution is 0.119. The van der Waals surface area contributed by atoms with E-state index < -0.39 is 0 Å². The van der Waals surface area contributed by atoms with E-state index in [1.54, 1.807) is 10.7 Å². The van der Waals surface area contributed by atoms with Crippen LogP contribution in [0.4, 0.5) is 0 Å². The summed E-state index contributed by atoms with van der Waals surface area (Å²) in [6.07, 6.45) is 0.955. The Morgan fingerprint density at radius 3 is 2.57 bits per heavy atom. The molecule has 0 spiro atoms. The standard InChI is InChI=1S/C21H32N6O3/c1-21(2,3)17-4-5-19(28)27(23-17)12-11-25-7-9-26(10-8-25)14-18-22-20(30-24-18)16-6-13-29-15-16/h4-5,16H,6-15H2,1-3H3. The molecule has 0 saturated carbocycles. The van der Waals surface area contributed by atoms with Crippen molar-refractivity contribution in [3.63, 3.8) is 0 Å². The average Bonchev–Trinajstić information content (AvgIpc) is 3.39. The summed E-state index contributed by atoms with van der Waals surface area (Å²) in [5.41, 5.74) is 0.832. The summed E-state index contributed by atoms with van der Waals surface area (Å²) < 4.78 is 12.4. The molecule has 4 heterocycles. The van der Waals surface area contributed by atoms with Gasteiger partial charge >= 0.3 is 0 Å². The van der Waals surface area contributed by atoms with E-state index in [9.17, 15) is 4.79 Å². The van der Waals surface area contributed by atoms with E-state index in [-0.39, 0.29) is 16.9 Å². The van der Waals surface area contributed by atoms with Crippen molar-refractivity contribution in [2.45, 2.75) is 51.6 Å². The number of ether oxygens (including phenoxy) is 1. The third-order valence-electron chi connectivity index (χ3n) is 5.86. The predicted octanol–water partition coefficient (Wildman–Crippen LogP) is 1.25. The summed E-state index contributed by atoms with van der Waals surface area (Å²) in [5.74, 6) is 1.70. The fourth-order valence-corrected chi connectivity index (χ4v) is 3.84. The van der Waals surface area contributed by atoms with Gasteiger partial charge < -0.3 is 9.26 Å². The van der Waals surface area contributed by atoms with Crippen LogP contribution >= 0.6 is 0 Å². The van der Waals surface area contributed by atoms with Gasteiger partial charge in [-0.2, -0.15) is 10.1 Å². The van der Waals surface area contributed by atoms with E-state index in [0.29, 0.717) is 25.6 Å². The Labute approximate surface area is 177 Å². The minimum atomic E-state index is -0.0686. The lowest BCUT2D eigenvalue weighted by Gasteiger charge is -2.34. The summed E-state index contributed by atoms with van der Waals surface area (Å²) in [7, 11) is 0. The van der Waals surface area contributed by atoms with E-state index in [4.69, 9.17) is 9.26 Å². The SMILES string of the molecule is CC(C)(C)c1ccc(=O)n(CCN2CCN(Cc3noc(C4CCOC4)n3)CC2)n1. The third-order valence-corrected chi connectivity index (χ3v) is 5.86. The monoisotopic (exact) mass is 416 g/mol. The highest BCUT2D eigenvalue weighted by Crippen LogP contribution is 2.23. The quantitative estimate of drug-likeness (QED) is 0.695. The van der Waals surface area contributed by atoms with Gasteiger partial charge in [-0.1, -0.05) is 25.9 Å². The first-order chi connectivity index (χ1) is 14.4. The first-order valence-electron chi connectivity index (χ1n) is 10.8. The predicted molar refractivity (Wildman–Crippen MR) is 111 cm³/mol. The maximum absolute atomic E-state index is 12.2. The van der Waals surface area contributed by atoms with E-state index in [1.807, 2.05) is 6.07 Å². The van der Waals surface area contributed by atoms with E-state index in [0.717, 1.165) is 57.3 Å².